The maximum atomic E-state index is 14.8. The van der Waals surface area contributed by atoms with Gasteiger partial charge < -0.3 is 16.4 Å². The van der Waals surface area contributed by atoms with Gasteiger partial charge in [0.15, 0.2) is 0 Å². The molecule has 1 fully saturated rings. The maximum absolute atomic E-state index is 14.8. The molecule has 0 spiro atoms. The summed E-state index contributed by atoms with van der Waals surface area (Å²) in [7, 11) is 0. The van der Waals surface area contributed by atoms with Crippen molar-refractivity contribution < 1.29 is 26.7 Å². The third kappa shape index (κ3) is 7.30. The number of nitriles is 1. The minimum Gasteiger partial charge on any atom is -0.395 e. The van der Waals surface area contributed by atoms with Crippen LogP contribution in [-0.4, -0.2) is 24.3 Å². The molecule has 1 amide bonds. The monoisotopic (exact) mass is 553 g/mol. The molecular weight excluding hydrogens is 529 g/mol. The number of benzene rings is 3. The van der Waals surface area contributed by atoms with Crippen molar-refractivity contribution in [2.24, 2.45) is 16.6 Å². The Kier molecular flexibility index (Phi) is 8.60. The summed E-state index contributed by atoms with van der Waals surface area (Å²) in [5.74, 6) is -2.36. The number of nitrogens with two attached hydrogens (primary N) is 1. The number of anilines is 1. The highest BCUT2D eigenvalue weighted by Gasteiger charge is 2.32. The largest absolute Gasteiger partial charge is 0.430 e. The Bertz CT molecular complexity index is 1490. The van der Waals surface area contributed by atoms with Crippen LogP contribution in [0.3, 0.4) is 0 Å². The van der Waals surface area contributed by atoms with Crippen molar-refractivity contribution in [1.82, 2.24) is 5.32 Å². The highest BCUT2D eigenvalue weighted by molar-refractivity contribution is 6.47. The van der Waals surface area contributed by atoms with Gasteiger partial charge in [-0.2, -0.15) is 18.4 Å². The average molecular weight is 554 g/mol. The van der Waals surface area contributed by atoms with Gasteiger partial charge in [0.05, 0.1) is 23.0 Å². The third-order valence-corrected chi connectivity index (χ3v) is 6.18. The van der Waals surface area contributed by atoms with E-state index in [-0.39, 0.29) is 23.5 Å². The van der Waals surface area contributed by atoms with Gasteiger partial charge in [-0.1, -0.05) is 36.4 Å². The van der Waals surface area contributed by atoms with E-state index in [1.54, 1.807) is 12.1 Å². The van der Waals surface area contributed by atoms with Crippen LogP contribution < -0.4 is 16.4 Å². The lowest BCUT2D eigenvalue weighted by Crippen LogP contribution is -2.27. The third-order valence-electron chi connectivity index (χ3n) is 6.18. The summed E-state index contributed by atoms with van der Waals surface area (Å²) in [6, 6.07) is 17.6. The van der Waals surface area contributed by atoms with Crippen LogP contribution in [0.4, 0.5) is 33.3 Å². The lowest BCUT2D eigenvalue weighted by molar-refractivity contribution is -0.110. The zero-order valence-corrected chi connectivity index (χ0v) is 21.0. The Labute approximate surface area is 227 Å². The Morgan fingerprint density at radius 2 is 1.75 bits per heavy atom. The normalized spacial score (nSPS) is 14.9. The molecule has 0 radical (unpaired) electrons. The molecule has 1 atom stereocenters. The number of rotatable bonds is 9. The predicted molar refractivity (Wildman–Crippen MR) is 141 cm³/mol. The first kappa shape index (κ1) is 28.4. The molecule has 1 saturated carbocycles. The number of carbonyl (C=O) groups is 1. The zero-order valence-electron chi connectivity index (χ0n) is 21.0. The first-order chi connectivity index (χ1) is 19.0. The second-order valence-corrected chi connectivity index (χ2v) is 9.26. The number of amides is 1. The number of carbonyl (C=O) groups excluding carboxylic acids is 1. The van der Waals surface area contributed by atoms with Gasteiger partial charge in [-0.3, -0.25) is 4.79 Å². The number of alkyl halides is 3. The molecule has 3 aromatic carbocycles. The summed E-state index contributed by atoms with van der Waals surface area (Å²) in [5.41, 5.74) is 3.26. The molecule has 1 aliphatic carbocycles. The maximum Gasteiger partial charge on any atom is 0.430 e. The van der Waals surface area contributed by atoms with E-state index < -0.39 is 40.7 Å². The molecule has 0 aliphatic heterocycles. The van der Waals surface area contributed by atoms with Gasteiger partial charge >= 0.3 is 6.18 Å². The van der Waals surface area contributed by atoms with E-state index in [0.29, 0.717) is 11.5 Å². The highest BCUT2D eigenvalue weighted by atomic mass is 19.4. The van der Waals surface area contributed by atoms with E-state index in [0.717, 1.165) is 49.2 Å². The summed E-state index contributed by atoms with van der Waals surface area (Å²) < 4.78 is 68.1. The number of halogens is 5. The van der Waals surface area contributed by atoms with E-state index >= 15 is 0 Å². The number of allylic oxidation sites excluding steroid dienone is 1. The standard InChI is InChI=1S/C29H24F5N5O/c30-22-11-9-21(12-20(22)15-35)38-25(14-26(36)29(32,33)34)28(40)39-24-13-19(8-10-23(24)31)27(37-16-17-6-7-17)18-4-2-1-3-5-18/h1-5,8-14,17,27,37H,6-7,16,36H2,(H,39,40). The summed E-state index contributed by atoms with van der Waals surface area (Å²) in [6.07, 6.45) is -2.47. The molecule has 11 heteroatoms. The van der Waals surface area contributed by atoms with Gasteiger partial charge in [0, 0.05) is 0 Å². The van der Waals surface area contributed by atoms with E-state index in [1.807, 2.05) is 30.3 Å². The first-order valence-electron chi connectivity index (χ1n) is 12.3. The Balaban J connectivity index is 1.68. The van der Waals surface area contributed by atoms with Gasteiger partial charge in [-0.15, -0.1) is 0 Å². The average Bonchev–Trinajstić information content (AvgIpc) is 3.75. The van der Waals surface area contributed by atoms with Crippen LogP contribution >= 0.6 is 0 Å². The van der Waals surface area contributed by atoms with Gasteiger partial charge in [0.25, 0.3) is 5.91 Å². The minimum absolute atomic E-state index is 0.183. The molecule has 6 nitrogen and oxygen atoms in total. The zero-order chi connectivity index (χ0) is 28.9. The quantitative estimate of drug-likeness (QED) is 0.222. The van der Waals surface area contributed by atoms with E-state index in [1.165, 1.54) is 6.07 Å². The van der Waals surface area contributed by atoms with Crippen LogP contribution in [0.15, 0.2) is 83.5 Å². The smallest absolute Gasteiger partial charge is 0.395 e. The number of nitrogens with zero attached hydrogens (tertiary/aromatic N) is 2. The molecule has 0 heterocycles. The number of hydrogen-bond acceptors (Lipinski definition) is 5. The van der Waals surface area contributed by atoms with E-state index in [4.69, 9.17) is 11.0 Å². The molecule has 1 unspecified atom stereocenters. The van der Waals surface area contributed by atoms with Crippen molar-refractivity contribution in [2.75, 3.05) is 11.9 Å². The van der Waals surface area contributed by atoms with Gasteiger partial charge in [-0.05, 0) is 72.8 Å². The van der Waals surface area contributed by atoms with E-state index in [9.17, 15) is 26.7 Å². The Morgan fingerprint density at radius 3 is 2.40 bits per heavy atom. The Morgan fingerprint density at radius 1 is 1.05 bits per heavy atom. The van der Waals surface area contributed by atoms with Crippen molar-refractivity contribution in [1.29, 1.82) is 5.26 Å². The predicted octanol–water partition coefficient (Wildman–Crippen LogP) is 6.04. The van der Waals surface area contributed by atoms with Crippen molar-refractivity contribution in [3.05, 3.63) is 107 Å². The van der Waals surface area contributed by atoms with Crippen molar-refractivity contribution in [3.8, 4) is 6.07 Å². The van der Waals surface area contributed by atoms with E-state index in [2.05, 4.69) is 15.6 Å². The highest BCUT2D eigenvalue weighted by Crippen LogP contribution is 2.31. The molecule has 1 aliphatic rings. The number of aliphatic imine (C=N–C) groups is 1. The molecule has 3 aromatic rings. The van der Waals surface area contributed by atoms with Crippen molar-refractivity contribution in [3.63, 3.8) is 0 Å². The SMILES string of the molecule is N#Cc1cc(N=C(C=C(N)C(F)(F)F)C(=O)Nc2cc(C(NCC3CC3)c3ccccc3)ccc2F)ccc1F. The Hall–Kier alpha value is -4.56. The van der Waals surface area contributed by atoms with Gasteiger partial charge in [-0.25, -0.2) is 13.8 Å². The first-order valence-corrected chi connectivity index (χ1v) is 12.3. The minimum atomic E-state index is -4.98. The summed E-state index contributed by atoms with van der Waals surface area (Å²) in [6.45, 7) is 0.735. The molecular formula is C29H24F5N5O. The van der Waals surface area contributed by atoms with Crippen LogP contribution in [0.25, 0.3) is 0 Å². The van der Waals surface area contributed by atoms with Crippen LogP contribution in [0.5, 0.6) is 0 Å². The summed E-state index contributed by atoms with van der Waals surface area (Å²) in [5, 5.41) is 14.8. The molecule has 0 aromatic heterocycles. The van der Waals surface area contributed by atoms with Crippen LogP contribution in [-0.2, 0) is 4.79 Å². The van der Waals surface area contributed by atoms with Crippen molar-refractivity contribution >= 4 is 23.0 Å². The molecule has 0 bridgehead atoms. The lowest BCUT2D eigenvalue weighted by Gasteiger charge is -2.21. The second-order valence-electron chi connectivity index (χ2n) is 9.26. The fraction of sp³-hybridized carbons (Fsp3) is 0.207. The van der Waals surface area contributed by atoms with Crippen LogP contribution in [0, 0.1) is 28.9 Å². The second kappa shape index (κ2) is 12.1. The molecule has 4 rings (SSSR count). The van der Waals surface area contributed by atoms with Gasteiger partial charge in [0.1, 0.15) is 29.1 Å². The number of hydrogen-bond donors (Lipinski definition) is 3. The van der Waals surface area contributed by atoms with Crippen LogP contribution in [0.2, 0.25) is 0 Å². The molecule has 4 N–H and O–H groups in total. The fourth-order valence-electron chi connectivity index (χ4n) is 3.87. The number of nitrogens with one attached hydrogen (secondary N) is 2. The summed E-state index contributed by atoms with van der Waals surface area (Å²) >= 11 is 0. The lowest BCUT2D eigenvalue weighted by atomic mass is 9.97. The topological polar surface area (TPSA) is 103 Å². The van der Waals surface area contributed by atoms with Gasteiger partial charge in [0.2, 0.25) is 0 Å². The molecule has 0 saturated heterocycles. The molecule has 206 valence electrons. The molecule has 40 heavy (non-hydrogen) atoms. The summed E-state index contributed by atoms with van der Waals surface area (Å²) in [4.78, 5) is 16.9. The van der Waals surface area contributed by atoms with Crippen molar-refractivity contribution in [2.45, 2.75) is 25.1 Å². The van der Waals surface area contributed by atoms with Crippen LogP contribution in [0.1, 0.15) is 35.6 Å². The fourth-order valence-corrected chi connectivity index (χ4v) is 3.87.